The number of amides is 1. The van der Waals surface area contributed by atoms with Crippen molar-refractivity contribution in [2.45, 2.75) is 83.0 Å². The van der Waals surface area contributed by atoms with Crippen LogP contribution >= 0.6 is 0 Å². The molecule has 21 heavy (non-hydrogen) atoms. The molecule has 5 heteroatoms. The Morgan fingerprint density at radius 2 is 1.81 bits per heavy atom. The molecule has 0 aromatic carbocycles. The lowest BCUT2D eigenvalue weighted by molar-refractivity contribution is 0.0496. The van der Waals surface area contributed by atoms with Crippen molar-refractivity contribution in [2.24, 2.45) is 0 Å². The summed E-state index contributed by atoms with van der Waals surface area (Å²) in [5.41, 5.74) is -0.440. The molecule has 0 radical (unpaired) electrons. The van der Waals surface area contributed by atoms with Gasteiger partial charge < -0.3 is 20.1 Å². The van der Waals surface area contributed by atoms with E-state index in [0.717, 1.165) is 51.7 Å². The van der Waals surface area contributed by atoms with E-state index in [1.807, 2.05) is 20.8 Å². The number of nitrogens with one attached hydrogen (secondary N) is 2. The van der Waals surface area contributed by atoms with Gasteiger partial charge in [-0.1, -0.05) is 0 Å². The van der Waals surface area contributed by atoms with Crippen LogP contribution in [0.25, 0.3) is 0 Å². The third kappa shape index (κ3) is 5.83. The van der Waals surface area contributed by atoms with Gasteiger partial charge in [0.15, 0.2) is 0 Å². The maximum Gasteiger partial charge on any atom is 0.407 e. The molecule has 1 amide bonds. The van der Waals surface area contributed by atoms with E-state index in [-0.39, 0.29) is 12.1 Å². The van der Waals surface area contributed by atoms with Crippen molar-refractivity contribution in [2.75, 3.05) is 13.2 Å². The summed E-state index contributed by atoms with van der Waals surface area (Å²) in [6, 6.07) is 1.06. The number of hydrogen-bond donors (Lipinski definition) is 2. The summed E-state index contributed by atoms with van der Waals surface area (Å²) < 4.78 is 10.9. The van der Waals surface area contributed by atoms with Crippen molar-refractivity contribution in [3.8, 4) is 0 Å². The van der Waals surface area contributed by atoms with Crippen LogP contribution in [-0.4, -0.2) is 43.0 Å². The standard InChI is InChI=1S/C16H30N2O3/c1-16(2,3)21-15(19)18-14-8-4-7-13(14)17-12-6-5-10-20-11-9-12/h12-14,17H,4-11H2,1-3H3,(H,18,19). The molecule has 1 heterocycles. The van der Waals surface area contributed by atoms with Crippen LogP contribution in [0.15, 0.2) is 0 Å². The number of carbonyl (C=O) groups is 1. The van der Waals surface area contributed by atoms with E-state index >= 15 is 0 Å². The summed E-state index contributed by atoms with van der Waals surface area (Å²) in [6.45, 7) is 7.39. The van der Waals surface area contributed by atoms with Gasteiger partial charge in [-0.15, -0.1) is 0 Å². The monoisotopic (exact) mass is 298 g/mol. The number of ether oxygens (including phenoxy) is 2. The highest BCUT2D eigenvalue weighted by Gasteiger charge is 2.31. The van der Waals surface area contributed by atoms with Crippen molar-refractivity contribution in [1.82, 2.24) is 10.6 Å². The van der Waals surface area contributed by atoms with Gasteiger partial charge in [-0.25, -0.2) is 4.79 Å². The molecular weight excluding hydrogens is 268 g/mol. The van der Waals surface area contributed by atoms with Crippen LogP contribution in [0.1, 0.15) is 59.3 Å². The topological polar surface area (TPSA) is 59.6 Å². The highest BCUT2D eigenvalue weighted by Crippen LogP contribution is 2.22. The minimum Gasteiger partial charge on any atom is -0.444 e. The largest absolute Gasteiger partial charge is 0.444 e. The van der Waals surface area contributed by atoms with Gasteiger partial charge in [-0.2, -0.15) is 0 Å². The van der Waals surface area contributed by atoms with Crippen LogP contribution < -0.4 is 10.6 Å². The van der Waals surface area contributed by atoms with Crippen LogP contribution in [0, 0.1) is 0 Å². The van der Waals surface area contributed by atoms with Gasteiger partial charge in [-0.05, 0) is 59.3 Å². The van der Waals surface area contributed by atoms with Gasteiger partial charge in [0.25, 0.3) is 0 Å². The van der Waals surface area contributed by atoms with E-state index in [1.54, 1.807) is 0 Å². The Morgan fingerprint density at radius 3 is 2.57 bits per heavy atom. The smallest absolute Gasteiger partial charge is 0.407 e. The fourth-order valence-electron chi connectivity index (χ4n) is 3.16. The normalized spacial score (nSPS) is 30.7. The third-order valence-corrected chi connectivity index (χ3v) is 4.12. The van der Waals surface area contributed by atoms with Gasteiger partial charge in [0.05, 0.1) is 0 Å². The molecule has 1 saturated carbocycles. The van der Waals surface area contributed by atoms with E-state index in [2.05, 4.69) is 10.6 Å². The first kappa shape index (κ1) is 16.6. The van der Waals surface area contributed by atoms with Crippen molar-refractivity contribution in [1.29, 1.82) is 0 Å². The van der Waals surface area contributed by atoms with E-state index in [4.69, 9.17) is 9.47 Å². The summed E-state index contributed by atoms with van der Waals surface area (Å²) in [4.78, 5) is 11.9. The minimum atomic E-state index is -0.440. The second-order valence-electron chi connectivity index (χ2n) is 7.20. The molecule has 2 aliphatic rings. The molecule has 5 nitrogen and oxygen atoms in total. The van der Waals surface area contributed by atoms with Crippen molar-refractivity contribution in [3.05, 3.63) is 0 Å². The first-order valence-corrected chi connectivity index (χ1v) is 8.27. The maximum absolute atomic E-state index is 11.9. The van der Waals surface area contributed by atoms with Crippen LogP contribution in [0.2, 0.25) is 0 Å². The number of carbonyl (C=O) groups excluding carboxylic acids is 1. The molecule has 0 aromatic heterocycles. The molecule has 1 aliphatic carbocycles. The molecule has 2 N–H and O–H groups in total. The SMILES string of the molecule is CC(C)(C)OC(=O)NC1CCCC1NC1CCCOCC1. The second-order valence-corrected chi connectivity index (χ2v) is 7.20. The third-order valence-electron chi connectivity index (χ3n) is 4.12. The number of rotatable bonds is 3. The Balaban J connectivity index is 1.80. The molecule has 0 spiro atoms. The zero-order chi connectivity index (χ0) is 15.3. The lowest BCUT2D eigenvalue weighted by atomic mass is 10.1. The lowest BCUT2D eigenvalue weighted by Crippen LogP contribution is -2.50. The van der Waals surface area contributed by atoms with Gasteiger partial charge in [0.2, 0.25) is 0 Å². The fourth-order valence-corrected chi connectivity index (χ4v) is 3.16. The summed E-state index contributed by atoms with van der Waals surface area (Å²) in [5.74, 6) is 0. The Labute approximate surface area is 128 Å². The Morgan fingerprint density at radius 1 is 1.05 bits per heavy atom. The van der Waals surface area contributed by atoms with Crippen LogP contribution in [0.5, 0.6) is 0 Å². The quantitative estimate of drug-likeness (QED) is 0.841. The molecule has 3 atom stereocenters. The average molecular weight is 298 g/mol. The van der Waals surface area contributed by atoms with E-state index < -0.39 is 5.60 Å². The zero-order valence-corrected chi connectivity index (χ0v) is 13.6. The summed E-state index contributed by atoms with van der Waals surface area (Å²) >= 11 is 0. The first-order chi connectivity index (χ1) is 9.94. The van der Waals surface area contributed by atoms with Gasteiger partial charge in [0.1, 0.15) is 5.60 Å². The molecule has 0 bridgehead atoms. The second kappa shape index (κ2) is 7.45. The summed E-state index contributed by atoms with van der Waals surface area (Å²) in [7, 11) is 0. The number of alkyl carbamates (subject to hydrolysis) is 1. The van der Waals surface area contributed by atoms with Crippen molar-refractivity contribution < 1.29 is 14.3 Å². The van der Waals surface area contributed by atoms with E-state index in [0.29, 0.717) is 12.1 Å². The lowest BCUT2D eigenvalue weighted by Gasteiger charge is -2.28. The van der Waals surface area contributed by atoms with Gasteiger partial charge >= 0.3 is 6.09 Å². The average Bonchev–Trinajstić information content (AvgIpc) is 2.63. The molecule has 122 valence electrons. The molecule has 1 aliphatic heterocycles. The zero-order valence-electron chi connectivity index (χ0n) is 13.6. The van der Waals surface area contributed by atoms with Crippen molar-refractivity contribution in [3.63, 3.8) is 0 Å². The highest BCUT2D eigenvalue weighted by molar-refractivity contribution is 5.68. The van der Waals surface area contributed by atoms with Crippen LogP contribution in [0.4, 0.5) is 4.79 Å². The number of hydrogen-bond acceptors (Lipinski definition) is 4. The van der Waals surface area contributed by atoms with Gasteiger partial charge in [0, 0.05) is 31.3 Å². The van der Waals surface area contributed by atoms with Gasteiger partial charge in [-0.3, -0.25) is 0 Å². The van der Waals surface area contributed by atoms with Crippen LogP contribution in [0.3, 0.4) is 0 Å². The summed E-state index contributed by atoms with van der Waals surface area (Å²) in [6.07, 6.45) is 6.35. The Kier molecular flexibility index (Phi) is 5.88. The highest BCUT2D eigenvalue weighted by atomic mass is 16.6. The predicted molar refractivity (Wildman–Crippen MR) is 82.4 cm³/mol. The Hall–Kier alpha value is -0.810. The molecule has 2 fully saturated rings. The first-order valence-electron chi connectivity index (χ1n) is 8.27. The van der Waals surface area contributed by atoms with Crippen LogP contribution in [-0.2, 0) is 9.47 Å². The molecule has 1 saturated heterocycles. The van der Waals surface area contributed by atoms with E-state index in [1.165, 1.54) is 0 Å². The van der Waals surface area contributed by atoms with E-state index in [9.17, 15) is 4.79 Å². The minimum absolute atomic E-state index is 0.184. The predicted octanol–water partition coefficient (Wildman–Crippen LogP) is 2.59. The fraction of sp³-hybridized carbons (Fsp3) is 0.938. The molecule has 2 rings (SSSR count). The molecule has 0 aromatic rings. The maximum atomic E-state index is 11.9. The van der Waals surface area contributed by atoms with Crippen molar-refractivity contribution >= 4 is 6.09 Å². The Bertz CT molecular complexity index is 333. The molecule has 3 unspecified atom stereocenters. The molecular formula is C16H30N2O3. The summed E-state index contributed by atoms with van der Waals surface area (Å²) in [5, 5.41) is 6.76.